The van der Waals surface area contributed by atoms with E-state index in [1.807, 2.05) is 44.2 Å². The Kier molecular flexibility index (Phi) is 10.3. The van der Waals surface area contributed by atoms with Crippen LogP contribution in [0.1, 0.15) is 50.0 Å². The number of phenols is 1. The summed E-state index contributed by atoms with van der Waals surface area (Å²) < 4.78 is 0. The van der Waals surface area contributed by atoms with Crippen LogP contribution < -0.4 is 16.0 Å². The second-order valence-corrected chi connectivity index (χ2v) is 10.6. The molecule has 5 N–H and O–H groups in total. The largest absolute Gasteiger partial charge is 0.507 e. The molecule has 1 saturated heterocycles. The first-order chi connectivity index (χ1) is 19.0. The number of para-hydroxylation sites is 1. The Balaban J connectivity index is 2.04. The van der Waals surface area contributed by atoms with E-state index in [-0.39, 0.29) is 23.7 Å². The molecule has 0 spiro atoms. The van der Waals surface area contributed by atoms with E-state index >= 15 is 0 Å². The minimum absolute atomic E-state index is 0.0303. The molecule has 0 aromatic heterocycles. The Morgan fingerprint density at radius 3 is 2.25 bits per heavy atom. The number of hydrogen-bond acceptors (Lipinski definition) is 6. The van der Waals surface area contributed by atoms with Gasteiger partial charge >= 0.3 is 0 Å². The average Bonchev–Trinajstić information content (AvgIpc) is 2.94. The number of rotatable bonds is 6. The third kappa shape index (κ3) is 6.98. The Morgan fingerprint density at radius 1 is 1.00 bits per heavy atom. The second-order valence-electron chi connectivity index (χ2n) is 10.6. The van der Waals surface area contributed by atoms with Crippen LogP contribution in [-0.2, 0) is 20.8 Å². The number of nitrogens with zero attached hydrogens (tertiary/aromatic N) is 1. The van der Waals surface area contributed by atoms with Gasteiger partial charge in [0, 0.05) is 7.05 Å². The van der Waals surface area contributed by atoms with E-state index in [0.29, 0.717) is 6.42 Å². The van der Waals surface area contributed by atoms with Crippen LogP contribution in [0, 0.1) is 11.8 Å². The monoisotopic (exact) mass is 552 g/mol. The number of benzene rings is 2. The van der Waals surface area contributed by atoms with Crippen LogP contribution in [0.4, 0.5) is 0 Å². The minimum Gasteiger partial charge on any atom is -0.507 e. The third-order valence-electron chi connectivity index (χ3n) is 7.74. The second kappa shape index (κ2) is 13.4. The summed E-state index contributed by atoms with van der Waals surface area (Å²) in [5.74, 6) is -3.67. The van der Waals surface area contributed by atoms with Crippen LogP contribution in [0.2, 0.25) is 0 Å². The Hall–Kier alpha value is -3.92. The molecular formula is C30H40N4O6. The highest BCUT2D eigenvalue weighted by molar-refractivity contribution is 6.00. The molecule has 1 fully saturated rings. The summed E-state index contributed by atoms with van der Waals surface area (Å²) >= 11 is 0. The van der Waals surface area contributed by atoms with Gasteiger partial charge in [0.25, 0.3) is 5.91 Å². The topological polar surface area (TPSA) is 148 Å². The van der Waals surface area contributed by atoms with Crippen molar-refractivity contribution < 1.29 is 29.4 Å². The molecule has 0 radical (unpaired) electrons. The third-order valence-corrected chi connectivity index (χ3v) is 7.74. The van der Waals surface area contributed by atoms with Crippen LogP contribution in [0.25, 0.3) is 0 Å². The molecule has 2 aromatic rings. The number of aromatic hydroxyl groups is 1. The number of aliphatic hydroxyl groups is 1. The van der Waals surface area contributed by atoms with Crippen molar-refractivity contribution in [1.82, 2.24) is 20.9 Å². The van der Waals surface area contributed by atoms with Gasteiger partial charge < -0.3 is 31.1 Å². The highest BCUT2D eigenvalue weighted by atomic mass is 16.3. The SMILES string of the molecule is CCC(C)C1C(=O)N[C@H](C)[C@H](NC(=O)c2ccccc2O)C(=O)N[C@@H](Cc2ccccc2)[C@@H](O)[C@@H](C)C(=O)N1C. The maximum absolute atomic E-state index is 13.7. The minimum atomic E-state index is -1.29. The van der Waals surface area contributed by atoms with E-state index in [1.165, 1.54) is 17.0 Å². The lowest BCUT2D eigenvalue weighted by atomic mass is 9.89. The van der Waals surface area contributed by atoms with E-state index in [0.717, 1.165) is 5.56 Å². The van der Waals surface area contributed by atoms with Crippen LogP contribution in [0.15, 0.2) is 54.6 Å². The lowest BCUT2D eigenvalue weighted by Gasteiger charge is -2.38. The molecule has 0 saturated carbocycles. The molecule has 4 amide bonds. The zero-order valence-corrected chi connectivity index (χ0v) is 23.6. The first-order valence-electron chi connectivity index (χ1n) is 13.6. The predicted molar refractivity (Wildman–Crippen MR) is 150 cm³/mol. The van der Waals surface area contributed by atoms with Crippen molar-refractivity contribution >= 4 is 23.6 Å². The number of phenolic OH excluding ortho intramolecular Hbond substituents is 1. The Morgan fingerprint density at radius 2 is 1.62 bits per heavy atom. The van der Waals surface area contributed by atoms with Gasteiger partial charge in [0.2, 0.25) is 17.7 Å². The first-order valence-corrected chi connectivity index (χ1v) is 13.6. The van der Waals surface area contributed by atoms with Gasteiger partial charge in [0.15, 0.2) is 0 Å². The van der Waals surface area contributed by atoms with E-state index in [2.05, 4.69) is 16.0 Å². The maximum atomic E-state index is 13.7. The summed E-state index contributed by atoms with van der Waals surface area (Å²) in [5, 5.41) is 29.9. The van der Waals surface area contributed by atoms with Gasteiger partial charge in [-0.15, -0.1) is 0 Å². The van der Waals surface area contributed by atoms with Crippen molar-refractivity contribution in [1.29, 1.82) is 0 Å². The zero-order valence-electron chi connectivity index (χ0n) is 23.6. The molecule has 0 bridgehead atoms. The fourth-order valence-electron chi connectivity index (χ4n) is 5.09. The summed E-state index contributed by atoms with van der Waals surface area (Å²) in [6, 6.07) is 11.3. The van der Waals surface area contributed by atoms with Crippen molar-refractivity contribution in [2.24, 2.45) is 11.8 Å². The van der Waals surface area contributed by atoms with Crippen LogP contribution in [0.3, 0.4) is 0 Å². The van der Waals surface area contributed by atoms with Gasteiger partial charge in [-0.1, -0.05) is 69.7 Å². The Bertz CT molecular complexity index is 1210. The molecule has 216 valence electrons. The highest BCUT2D eigenvalue weighted by Crippen LogP contribution is 2.22. The summed E-state index contributed by atoms with van der Waals surface area (Å²) in [6.45, 7) is 6.92. The molecule has 1 aliphatic rings. The van der Waals surface area contributed by atoms with Crippen LogP contribution in [0.5, 0.6) is 5.75 Å². The fraction of sp³-hybridized carbons (Fsp3) is 0.467. The van der Waals surface area contributed by atoms with Gasteiger partial charge in [0.05, 0.1) is 29.7 Å². The van der Waals surface area contributed by atoms with Crippen molar-refractivity contribution in [2.45, 2.75) is 70.8 Å². The summed E-state index contributed by atoms with van der Waals surface area (Å²) in [5.41, 5.74) is 0.804. The number of aliphatic hydroxyl groups excluding tert-OH is 1. The lowest BCUT2D eigenvalue weighted by molar-refractivity contribution is -0.148. The maximum Gasteiger partial charge on any atom is 0.255 e. The molecule has 2 unspecified atom stereocenters. The molecule has 10 heteroatoms. The number of hydrogen-bond donors (Lipinski definition) is 5. The van der Waals surface area contributed by atoms with Crippen molar-refractivity contribution in [3.8, 4) is 5.75 Å². The smallest absolute Gasteiger partial charge is 0.255 e. The molecule has 2 aromatic carbocycles. The molecule has 0 aliphatic carbocycles. The lowest BCUT2D eigenvalue weighted by Crippen LogP contribution is -2.64. The molecule has 7 atom stereocenters. The summed E-state index contributed by atoms with van der Waals surface area (Å²) in [4.78, 5) is 55.2. The molecule has 1 heterocycles. The number of likely N-dealkylation sites (N-methyl/N-ethyl adjacent to an activating group) is 1. The Labute approximate surface area is 235 Å². The molecular weight excluding hydrogens is 512 g/mol. The van der Waals surface area contributed by atoms with Gasteiger partial charge in [-0.2, -0.15) is 0 Å². The van der Waals surface area contributed by atoms with Crippen molar-refractivity contribution in [2.75, 3.05) is 7.05 Å². The molecule has 3 rings (SSSR count). The van der Waals surface area contributed by atoms with Gasteiger partial charge in [0.1, 0.15) is 17.8 Å². The predicted octanol–water partition coefficient (Wildman–Crippen LogP) is 1.61. The average molecular weight is 553 g/mol. The number of amides is 4. The number of nitrogens with one attached hydrogen (secondary N) is 3. The standard InChI is InChI=1S/C30H40N4O6/c1-6-17(2)25-29(39)31-19(4)24(33-27(37)21-14-10-11-15-23(21)35)28(38)32-22(16-20-12-8-7-9-13-20)26(36)18(3)30(40)34(25)5/h7-15,17-19,22,24-26,35-36H,6,16H2,1-5H3,(H,31,39)(H,32,38)(H,33,37)/t17?,18-,19-,22+,24+,25?,26+/m1/s1. The molecule has 40 heavy (non-hydrogen) atoms. The number of carbonyl (C=O) groups excluding carboxylic acids is 4. The first kappa shape index (κ1) is 30.6. The fourth-order valence-corrected chi connectivity index (χ4v) is 5.09. The van der Waals surface area contributed by atoms with E-state index in [1.54, 1.807) is 33.0 Å². The quantitative estimate of drug-likeness (QED) is 0.368. The van der Waals surface area contributed by atoms with Crippen LogP contribution in [-0.4, -0.2) is 76.1 Å². The molecule has 10 nitrogen and oxygen atoms in total. The van der Waals surface area contributed by atoms with Crippen molar-refractivity contribution in [3.05, 3.63) is 65.7 Å². The summed E-state index contributed by atoms with van der Waals surface area (Å²) in [6.07, 6.45) is -0.458. The zero-order chi connectivity index (χ0) is 29.6. The highest BCUT2D eigenvalue weighted by Gasteiger charge is 2.41. The normalized spacial score (nSPS) is 27.1. The van der Waals surface area contributed by atoms with Gasteiger partial charge in [-0.25, -0.2) is 0 Å². The van der Waals surface area contributed by atoms with Gasteiger partial charge in [-0.05, 0) is 37.0 Å². The van der Waals surface area contributed by atoms with E-state index < -0.39 is 59.8 Å². The van der Waals surface area contributed by atoms with Crippen LogP contribution >= 0.6 is 0 Å². The van der Waals surface area contributed by atoms with Crippen molar-refractivity contribution in [3.63, 3.8) is 0 Å². The molecule has 1 aliphatic heterocycles. The van der Waals surface area contributed by atoms with E-state index in [9.17, 15) is 29.4 Å². The van der Waals surface area contributed by atoms with Gasteiger partial charge in [-0.3, -0.25) is 19.2 Å². The number of carbonyl (C=O) groups is 4. The van der Waals surface area contributed by atoms with E-state index in [4.69, 9.17) is 0 Å². The summed E-state index contributed by atoms with van der Waals surface area (Å²) in [7, 11) is 1.54.